The first-order chi connectivity index (χ1) is 13.5. The molecule has 0 fully saturated rings. The number of rotatable bonds is 6. The number of methoxy groups -OCH3 is 2. The molecule has 0 aliphatic carbocycles. The Morgan fingerprint density at radius 2 is 1.71 bits per heavy atom. The number of aromatic nitrogens is 2. The average Bonchev–Trinajstić information content (AvgIpc) is 2.70. The van der Waals surface area contributed by atoms with E-state index in [-0.39, 0.29) is 17.2 Å². The van der Waals surface area contributed by atoms with Crippen LogP contribution in [0.3, 0.4) is 0 Å². The molecule has 0 saturated heterocycles. The second-order valence-electron chi connectivity index (χ2n) is 5.56. The van der Waals surface area contributed by atoms with Crippen molar-refractivity contribution < 1.29 is 23.0 Å². The number of hydrogen-bond donors (Lipinski definition) is 2. The Hall–Kier alpha value is -3.75. The number of nitrogens with zero attached hydrogens (tertiary/aromatic N) is 2. The van der Waals surface area contributed by atoms with Gasteiger partial charge in [-0.1, -0.05) is 0 Å². The normalized spacial score (nSPS) is 10.3. The number of hydrogen-bond acceptors (Lipinski definition) is 6. The zero-order valence-corrected chi connectivity index (χ0v) is 15.0. The van der Waals surface area contributed by atoms with Gasteiger partial charge in [-0.2, -0.15) is 0 Å². The minimum absolute atomic E-state index is 0.104. The number of benzene rings is 2. The van der Waals surface area contributed by atoms with E-state index >= 15 is 0 Å². The van der Waals surface area contributed by atoms with Crippen LogP contribution in [0.25, 0.3) is 0 Å². The third-order valence-electron chi connectivity index (χ3n) is 3.75. The van der Waals surface area contributed by atoms with Gasteiger partial charge in [-0.3, -0.25) is 4.79 Å². The molecule has 0 spiro atoms. The van der Waals surface area contributed by atoms with Gasteiger partial charge in [0.15, 0.2) is 0 Å². The van der Waals surface area contributed by atoms with Crippen LogP contribution in [-0.4, -0.2) is 30.1 Å². The van der Waals surface area contributed by atoms with Gasteiger partial charge in [0, 0.05) is 24.5 Å². The van der Waals surface area contributed by atoms with Crippen molar-refractivity contribution >= 4 is 23.2 Å². The van der Waals surface area contributed by atoms with Crippen LogP contribution in [0.2, 0.25) is 0 Å². The molecule has 1 amide bonds. The first-order valence-electron chi connectivity index (χ1n) is 8.07. The average molecular weight is 386 g/mol. The monoisotopic (exact) mass is 386 g/mol. The van der Waals surface area contributed by atoms with Gasteiger partial charge >= 0.3 is 0 Å². The molecule has 0 bridgehead atoms. The number of anilines is 3. The van der Waals surface area contributed by atoms with Gasteiger partial charge < -0.3 is 20.1 Å². The van der Waals surface area contributed by atoms with Crippen LogP contribution in [0.1, 0.15) is 10.4 Å². The Balaban J connectivity index is 1.74. The fraction of sp³-hybridized carbons (Fsp3) is 0.105. The third-order valence-corrected chi connectivity index (χ3v) is 3.75. The van der Waals surface area contributed by atoms with Gasteiger partial charge in [0.1, 0.15) is 23.1 Å². The molecule has 0 aliphatic heterocycles. The molecule has 0 radical (unpaired) electrons. The molecule has 0 saturated carbocycles. The SMILES string of the molecule is COc1ccc(OC)c(Nc2ncc(C(=O)Nc3ccc(F)cc3F)cn2)c1. The Morgan fingerprint density at radius 1 is 0.964 bits per heavy atom. The van der Waals surface area contributed by atoms with E-state index in [1.165, 1.54) is 19.5 Å². The van der Waals surface area contributed by atoms with Crippen molar-refractivity contribution in [3.8, 4) is 11.5 Å². The van der Waals surface area contributed by atoms with E-state index in [2.05, 4.69) is 20.6 Å². The van der Waals surface area contributed by atoms with Crippen LogP contribution in [0.5, 0.6) is 11.5 Å². The number of nitrogens with one attached hydrogen (secondary N) is 2. The van der Waals surface area contributed by atoms with Gasteiger partial charge in [0.05, 0.1) is 31.2 Å². The summed E-state index contributed by atoms with van der Waals surface area (Å²) >= 11 is 0. The first kappa shape index (κ1) is 19.0. The van der Waals surface area contributed by atoms with E-state index in [1.807, 2.05) is 0 Å². The van der Waals surface area contributed by atoms with Crippen molar-refractivity contribution in [3.05, 3.63) is 66.0 Å². The Kier molecular flexibility index (Phi) is 5.64. The second kappa shape index (κ2) is 8.30. The highest BCUT2D eigenvalue weighted by atomic mass is 19.1. The highest BCUT2D eigenvalue weighted by Crippen LogP contribution is 2.30. The molecule has 9 heteroatoms. The fourth-order valence-corrected chi connectivity index (χ4v) is 2.33. The van der Waals surface area contributed by atoms with Crippen LogP contribution < -0.4 is 20.1 Å². The molecule has 7 nitrogen and oxygen atoms in total. The van der Waals surface area contributed by atoms with Gasteiger partial charge in [-0.25, -0.2) is 18.7 Å². The van der Waals surface area contributed by atoms with Crippen LogP contribution in [0.4, 0.5) is 26.1 Å². The maximum atomic E-state index is 13.6. The van der Waals surface area contributed by atoms with Gasteiger partial charge in [0.2, 0.25) is 5.95 Å². The maximum absolute atomic E-state index is 13.6. The minimum atomic E-state index is -0.877. The van der Waals surface area contributed by atoms with E-state index in [4.69, 9.17) is 9.47 Å². The lowest BCUT2D eigenvalue weighted by Gasteiger charge is -2.11. The number of carbonyl (C=O) groups is 1. The van der Waals surface area contributed by atoms with Crippen molar-refractivity contribution in [2.75, 3.05) is 24.9 Å². The molecule has 0 unspecified atom stereocenters. The zero-order chi connectivity index (χ0) is 20.1. The lowest BCUT2D eigenvalue weighted by molar-refractivity contribution is 0.102. The first-order valence-corrected chi connectivity index (χ1v) is 8.07. The molecule has 1 aromatic heterocycles. The summed E-state index contributed by atoms with van der Waals surface area (Å²) < 4.78 is 37.0. The molecule has 2 N–H and O–H groups in total. The predicted octanol–water partition coefficient (Wildman–Crippen LogP) is 3.77. The number of halogens is 2. The molecule has 3 aromatic rings. The summed E-state index contributed by atoms with van der Waals surface area (Å²) in [7, 11) is 3.06. The topological polar surface area (TPSA) is 85.4 Å². The van der Waals surface area contributed by atoms with Crippen molar-refractivity contribution in [3.63, 3.8) is 0 Å². The summed E-state index contributed by atoms with van der Waals surface area (Å²) in [6, 6.07) is 8.03. The van der Waals surface area contributed by atoms with Crippen molar-refractivity contribution in [2.24, 2.45) is 0 Å². The number of carbonyl (C=O) groups excluding carboxylic acids is 1. The lowest BCUT2D eigenvalue weighted by atomic mass is 10.2. The van der Waals surface area contributed by atoms with Crippen molar-refractivity contribution in [2.45, 2.75) is 0 Å². The highest BCUT2D eigenvalue weighted by molar-refractivity contribution is 6.04. The molecule has 0 atom stereocenters. The number of ether oxygens (including phenoxy) is 2. The van der Waals surface area contributed by atoms with Crippen LogP contribution in [0, 0.1) is 11.6 Å². The predicted molar refractivity (Wildman–Crippen MR) is 99.2 cm³/mol. The summed E-state index contributed by atoms with van der Waals surface area (Å²) in [5.41, 5.74) is 0.536. The minimum Gasteiger partial charge on any atom is -0.497 e. The van der Waals surface area contributed by atoms with E-state index in [0.29, 0.717) is 23.3 Å². The standard InChI is InChI=1S/C19H16F2N4O3/c1-27-13-4-6-17(28-2)16(8-13)25-19-22-9-11(10-23-19)18(26)24-15-5-3-12(20)7-14(15)21/h3-10H,1-2H3,(H,24,26)(H,22,23,25). The zero-order valence-electron chi connectivity index (χ0n) is 15.0. The Labute approximate surface area is 159 Å². The molecule has 3 rings (SSSR count). The maximum Gasteiger partial charge on any atom is 0.258 e. The smallest absolute Gasteiger partial charge is 0.258 e. The molecule has 1 heterocycles. The van der Waals surface area contributed by atoms with Crippen molar-refractivity contribution in [1.82, 2.24) is 9.97 Å². The largest absolute Gasteiger partial charge is 0.497 e. The van der Waals surface area contributed by atoms with E-state index in [0.717, 1.165) is 12.1 Å². The molecule has 144 valence electrons. The summed E-state index contributed by atoms with van der Waals surface area (Å²) in [5, 5.41) is 5.31. The van der Waals surface area contributed by atoms with Gasteiger partial charge in [-0.05, 0) is 24.3 Å². The van der Waals surface area contributed by atoms with E-state index in [1.54, 1.807) is 25.3 Å². The quantitative estimate of drug-likeness (QED) is 0.671. The van der Waals surface area contributed by atoms with Crippen LogP contribution in [-0.2, 0) is 0 Å². The van der Waals surface area contributed by atoms with E-state index < -0.39 is 17.5 Å². The van der Waals surface area contributed by atoms with Crippen molar-refractivity contribution in [1.29, 1.82) is 0 Å². The molecule has 28 heavy (non-hydrogen) atoms. The molecular weight excluding hydrogens is 370 g/mol. The number of amides is 1. The lowest BCUT2D eigenvalue weighted by Crippen LogP contribution is -2.14. The van der Waals surface area contributed by atoms with E-state index in [9.17, 15) is 13.6 Å². The van der Waals surface area contributed by atoms with Gasteiger partial charge in [0.25, 0.3) is 5.91 Å². The summed E-state index contributed by atoms with van der Waals surface area (Å²) in [4.78, 5) is 20.3. The summed E-state index contributed by atoms with van der Waals surface area (Å²) in [5.74, 6) is -0.856. The highest BCUT2D eigenvalue weighted by Gasteiger charge is 2.12. The summed E-state index contributed by atoms with van der Waals surface area (Å²) in [6.07, 6.45) is 2.55. The van der Waals surface area contributed by atoms with Crippen LogP contribution in [0.15, 0.2) is 48.8 Å². The molecular formula is C19H16F2N4O3. The van der Waals surface area contributed by atoms with Crippen LogP contribution >= 0.6 is 0 Å². The molecule has 2 aromatic carbocycles. The third kappa shape index (κ3) is 4.32. The second-order valence-corrected chi connectivity index (χ2v) is 5.56. The summed E-state index contributed by atoms with van der Waals surface area (Å²) in [6.45, 7) is 0. The fourth-order valence-electron chi connectivity index (χ4n) is 2.33. The Bertz CT molecular complexity index is 997. The Morgan fingerprint density at radius 3 is 2.36 bits per heavy atom. The van der Waals surface area contributed by atoms with Gasteiger partial charge in [-0.15, -0.1) is 0 Å². The molecule has 0 aliphatic rings.